The van der Waals surface area contributed by atoms with Crippen LogP contribution in [0.2, 0.25) is 0 Å². The van der Waals surface area contributed by atoms with E-state index in [0.29, 0.717) is 13.0 Å². The van der Waals surface area contributed by atoms with Gasteiger partial charge in [0.1, 0.15) is 6.61 Å². The van der Waals surface area contributed by atoms with Gasteiger partial charge in [-0.15, -0.1) is 0 Å². The molecule has 0 bridgehead atoms. The fourth-order valence-corrected chi connectivity index (χ4v) is 1.24. The molecule has 0 aliphatic rings. The first-order valence-corrected chi connectivity index (χ1v) is 5.42. The van der Waals surface area contributed by atoms with Gasteiger partial charge in [-0.3, -0.25) is 9.59 Å². The van der Waals surface area contributed by atoms with Gasteiger partial charge in [0.05, 0.1) is 6.54 Å². The summed E-state index contributed by atoms with van der Waals surface area (Å²) in [5.41, 5.74) is -0.302. The van der Waals surface area contributed by atoms with Crippen molar-refractivity contribution in [3.8, 4) is 0 Å². The van der Waals surface area contributed by atoms with Gasteiger partial charge in [-0.2, -0.15) is 0 Å². The third kappa shape index (κ3) is 4.96. The molecule has 0 unspecified atom stereocenters. The van der Waals surface area contributed by atoms with Crippen molar-refractivity contribution in [1.29, 1.82) is 0 Å². The molecule has 92 valence electrons. The summed E-state index contributed by atoms with van der Waals surface area (Å²) >= 11 is 0. The van der Waals surface area contributed by atoms with Crippen LogP contribution in [0.25, 0.3) is 0 Å². The molecule has 1 amide bonds. The second-order valence-corrected chi connectivity index (χ2v) is 4.44. The van der Waals surface area contributed by atoms with Crippen LogP contribution >= 0.6 is 0 Å². The highest BCUT2D eigenvalue weighted by atomic mass is 16.5. The Hall–Kier alpha value is -1.32. The molecule has 0 aromatic heterocycles. The van der Waals surface area contributed by atoms with Gasteiger partial charge in [-0.25, -0.2) is 0 Å². The Morgan fingerprint density at radius 3 is 2.31 bits per heavy atom. The summed E-state index contributed by atoms with van der Waals surface area (Å²) in [4.78, 5) is 24.1. The van der Waals surface area contributed by atoms with E-state index in [-0.39, 0.29) is 24.0 Å². The number of hydrogen-bond acceptors (Lipinski definition) is 3. The van der Waals surface area contributed by atoms with E-state index in [2.05, 4.69) is 6.58 Å². The van der Waals surface area contributed by atoms with Crippen molar-refractivity contribution in [2.75, 3.05) is 13.2 Å². The zero-order chi connectivity index (χ0) is 12.8. The summed E-state index contributed by atoms with van der Waals surface area (Å²) in [5, 5.41) is 0. The number of amides is 1. The average molecular weight is 227 g/mol. The van der Waals surface area contributed by atoms with Crippen LogP contribution in [-0.2, 0) is 14.3 Å². The summed E-state index contributed by atoms with van der Waals surface area (Å²) in [7, 11) is 0. The number of carbonyl (C=O) groups is 2. The summed E-state index contributed by atoms with van der Waals surface area (Å²) in [5.74, 6) is -0.403. The van der Waals surface area contributed by atoms with Crippen molar-refractivity contribution in [1.82, 2.24) is 4.90 Å². The summed E-state index contributed by atoms with van der Waals surface area (Å²) in [6, 6.07) is 0. The zero-order valence-corrected chi connectivity index (χ0v) is 10.6. The van der Waals surface area contributed by atoms with Crippen LogP contribution in [0.4, 0.5) is 0 Å². The molecule has 0 radical (unpaired) electrons. The molecule has 0 atom stereocenters. The summed E-state index contributed by atoms with van der Waals surface area (Å²) in [6.07, 6.45) is 1.62. The van der Waals surface area contributed by atoms with Crippen LogP contribution < -0.4 is 0 Å². The first-order valence-electron chi connectivity index (χ1n) is 5.42. The molecule has 0 aliphatic heterocycles. The highest BCUT2D eigenvalue weighted by molar-refractivity contribution is 5.87. The van der Waals surface area contributed by atoms with Crippen LogP contribution in [0.1, 0.15) is 34.1 Å². The van der Waals surface area contributed by atoms with Crippen LogP contribution in [0.3, 0.4) is 0 Å². The second-order valence-electron chi connectivity index (χ2n) is 4.44. The average Bonchev–Trinajstić information content (AvgIpc) is 2.21. The fraction of sp³-hybridized carbons (Fsp3) is 0.667. The maximum absolute atomic E-state index is 11.6. The number of ether oxygens (including phenoxy) is 1. The number of nitrogens with zero attached hydrogens (tertiary/aromatic N) is 1. The van der Waals surface area contributed by atoms with E-state index in [1.165, 1.54) is 6.08 Å². The molecular formula is C12H21NO3. The normalized spacial score (nSPS) is 10.8. The van der Waals surface area contributed by atoms with Crippen LogP contribution in [0.5, 0.6) is 0 Å². The van der Waals surface area contributed by atoms with Crippen molar-refractivity contribution in [2.45, 2.75) is 39.7 Å². The monoisotopic (exact) mass is 227 g/mol. The first-order chi connectivity index (χ1) is 7.32. The predicted octanol–water partition coefficient (Wildman–Crippen LogP) is 1.75. The lowest BCUT2D eigenvalue weighted by molar-refractivity contribution is -0.146. The number of esters is 1. The maximum atomic E-state index is 11.6. The molecule has 0 aliphatic carbocycles. The fourth-order valence-electron chi connectivity index (χ4n) is 1.24. The lowest BCUT2D eigenvalue weighted by atomic mass is 10.1. The van der Waals surface area contributed by atoms with E-state index in [9.17, 15) is 9.59 Å². The summed E-state index contributed by atoms with van der Waals surface area (Å²) in [6.45, 7) is 11.6. The molecule has 0 heterocycles. The molecule has 0 fully saturated rings. The third-order valence-electron chi connectivity index (χ3n) is 2.12. The molecule has 0 N–H and O–H groups in total. The SMILES string of the molecule is C=CC(=O)N(CCOC(=O)CC)C(C)(C)C. The van der Waals surface area contributed by atoms with Crippen molar-refractivity contribution >= 4 is 11.9 Å². The lowest BCUT2D eigenvalue weighted by Gasteiger charge is -2.34. The van der Waals surface area contributed by atoms with Crippen molar-refractivity contribution in [3.05, 3.63) is 12.7 Å². The molecule has 0 saturated heterocycles. The molecule has 0 aromatic rings. The Balaban J connectivity index is 4.30. The largest absolute Gasteiger partial charge is 0.464 e. The highest BCUT2D eigenvalue weighted by Gasteiger charge is 2.24. The van der Waals surface area contributed by atoms with Gasteiger partial charge in [-0.05, 0) is 26.8 Å². The van der Waals surface area contributed by atoms with Crippen molar-refractivity contribution < 1.29 is 14.3 Å². The van der Waals surface area contributed by atoms with Gasteiger partial charge in [0.25, 0.3) is 0 Å². The third-order valence-corrected chi connectivity index (χ3v) is 2.12. The standard InChI is InChI=1S/C12H21NO3/c1-6-10(14)13(12(3,4)5)8-9-16-11(15)7-2/h6H,1,7-9H2,2-5H3. The van der Waals surface area contributed by atoms with Gasteiger partial charge in [-0.1, -0.05) is 13.5 Å². The molecular weight excluding hydrogens is 206 g/mol. The van der Waals surface area contributed by atoms with E-state index < -0.39 is 0 Å². The van der Waals surface area contributed by atoms with E-state index in [0.717, 1.165) is 0 Å². The van der Waals surface area contributed by atoms with Gasteiger partial charge in [0.2, 0.25) is 5.91 Å². The quantitative estimate of drug-likeness (QED) is 0.531. The lowest BCUT2D eigenvalue weighted by Crippen LogP contribution is -2.46. The topological polar surface area (TPSA) is 46.6 Å². The molecule has 0 aromatic carbocycles. The minimum absolute atomic E-state index is 0.153. The number of hydrogen-bond donors (Lipinski definition) is 0. The predicted molar refractivity (Wildman–Crippen MR) is 62.9 cm³/mol. The first kappa shape index (κ1) is 14.7. The van der Waals surface area contributed by atoms with Crippen LogP contribution in [0, 0.1) is 0 Å². The minimum atomic E-state index is -0.302. The van der Waals surface area contributed by atoms with Crippen molar-refractivity contribution in [2.24, 2.45) is 0 Å². The molecule has 4 nitrogen and oxygen atoms in total. The number of rotatable bonds is 5. The van der Waals surface area contributed by atoms with E-state index >= 15 is 0 Å². The molecule has 0 saturated carbocycles. The maximum Gasteiger partial charge on any atom is 0.305 e. The Morgan fingerprint density at radius 2 is 1.94 bits per heavy atom. The van der Waals surface area contributed by atoms with Gasteiger partial charge >= 0.3 is 5.97 Å². The highest BCUT2D eigenvalue weighted by Crippen LogP contribution is 2.13. The molecule has 16 heavy (non-hydrogen) atoms. The van der Waals surface area contributed by atoms with Gasteiger partial charge < -0.3 is 9.64 Å². The van der Waals surface area contributed by atoms with E-state index in [1.807, 2.05) is 20.8 Å². The Bertz CT molecular complexity index is 266. The second kappa shape index (κ2) is 6.30. The van der Waals surface area contributed by atoms with Crippen LogP contribution in [-0.4, -0.2) is 35.5 Å². The van der Waals surface area contributed by atoms with E-state index in [4.69, 9.17) is 4.74 Å². The molecule has 0 rings (SSSR count). The van der Waals surface area contributed by atoms with Crippen molar-refractivity contribution in [3.63, 3.8) is 0 Å². The molecule has 4 heteroatoms. The van der Waals surface area contributed by atoms with Crippen LogP contribution in [0.15, 0.2) is 12.7 Å². The van der Waals surface area contributed by atoms with Gasteiger partial charge in [0.15, 0.2) is 0 Å². The summed E-state index contributed by atoms with van der Waals surface area (Å²) < 4.78 is 4.94. The van der Waals surface area contributed by atoms with E-state index in [1.54, 1.807) is 11.8 Å². The number of carbonyl (C=O) groups excluding carboxylic acids is 2. The zero-order valence-electron chi connectivity index (χ0n) is 10.6. The smallest absolute Gasteiger partial charge is 0.305 e. The Kier molecular flexibility index (Phi) is 5.78. The van der Waals surface area contributed by atoms with Gasteiger partial charge in [0, 0.05) is 12.0 Å². The Labute approximate surface area is 97.3 Å². The molecule has 0 spiro atoms. The minimum Gasteiger partial charge on any atom is -0.464 e. The Morgan fingerprint density at radius 1 is 1.38 bits per heavy atom.